The Morgan fingerprint density at radius 2 is 2.05 bits per heavy atom. The van der Waals surface area contributed by atoms with Crippen molar-refractivity contribution < 1.29 is 12.8 Å². The van der Waals surface area contributed by atoms with Gasteiger partial charge in [-0.15, -0.1) is 0 Å². The number of rotatable bonds is 7. The molecule has 2 rings (SSSR count). The molecular weight excluding hydrogens is 356 g/mol. The van der Waals surface area contributed by atoms with Gasteiger partial charge in [0.2, 0.25) is 10.0 Å². The van der Waals surface area contributed by atoms with Crippen molar-refractivity contribution in [2.75, 3.05) is 0 Å². The number of hydrogen-bond acceptors (Lipinski definition) is 4. The molecule has 0 bridgehead atoms. The van der Waals surface area contributed by atoms with Crippen molar-refractivity contribution in [3.8, 4) is 0 Å². The van der Waals surface area contributed by atoms with Crippen molar-refractivity contribution in [2.45, 2.75) is 63.6 Å². The molecule has 2 N–H and O–H groups in total. The van der Waals surface area contributed by atoms with Crippen LogP contribution in [0.1, 0.15) is 46.3 Å². The number of nitrogens with one attached hydrogen (secondary N) is 2. The normalized spacial score (nSPS) is 16.7. The molecule has 5 nitrogen and oxygen atoms in total. The van der Waals surface area contributed by atoms with Gasteiger partial charge in [-0.2, -0.15) is 0 Å². The first-order valence-electron chi connectivity index (χ1n) is 7.17. The fraction of sp³-hybridized carbons (Fsp3) is 0.714. The molecule has 0 saturated heterocycles. The fourth-order valence-electron chi connectivity index (χ4n) is 2.26. The molecule has 1 fully saturated rings. The van der Waals surface area contributed by atoms with E-state index in [1.807, 2.05) is 27.7 Å². The lowest BCUT2D eigenvalue weighted by Crippen LogP contribution is -2.45. The third-order valence-electron chi connectivity index (χ3n) is 3.68. The van der Waals surface area contributed by atoms with E-state index in [0.717, 1.165) is 12.8 Å². The summed E-state index contributed by atoms with van der Waals surface area (Å²) in [5, 5.41) is 3.20. The summed E-state index contributed by atoms with van der Waals surface area (Å²) in [5.41, 5.74) is -0.425. The lowest BCUT2D eigenvalue weighted by Gasteiger charge is -2.25. The standard InChI is InChI=1S/C14H23BrN2O3S/c1-9(2)16-8-11-7-12(13(15)20-11)21(18,19)17-14(3,4)10-5-6-10/h7,9-10,16-17H,5-6,8H2,1-4H3. The van der Waals surface area contributed by atoms with Gasteiger partial charge in [0.1, 0.15) is 10.7 Å². The van der Waals surface area contributed by atoms with E-state index in [-0.39, 0.29) is 9.56 Å². The third-order valence-corrected chi connectivity index (χ3v) is 6.20. The van der Waals surface area contributed by atoms with E-state index in [4.69, 9.17) is 4.42 Å². The number of furan rings is 1. The van der Waals surface area contributed by atoms with Crippen molar-refractivity contribution in [3.05, 3.63) is 16.5 Å². The topological polar surface area (TPSA) is 71.3 Å². The highest BCUT2D eigenvalue weighted by molar-refractivity contribution is 9.10. The smallest absolute Gasteiger partial charge is 0.245 e. The van der Waals surface area contributed by atoms with Gasteiger partial charge in [0.05, 0.1) is 6.54 Å². The van der Waals surface area contributed by atoms with Crippen LogP contribution in [0.3, 0.4) is 0 Å². The van der Waals surface area contributed by atoms with Crippen LogP contribution in [0, 0.1) is 5.92 Å². The summed E-state index contributed by atoms with van der Waals surface area (Å²) in [6.45, 7) is 8.40. The number of halogens is 1. The minimum absolute atomic E-state index is 0.164. The van der Waals surface area contributed by atoms with Crippen LogP contribution in [0.4, 0.5) is 0 Å². The van der Waals surface area contributed by atoms with Gasteiger partial charge in [0, 0.05) is 17.6 Å². The van der Waals surface area contributed by atoms with Crippen LogP contribution in [-0.2, 0) is 16.6 Å². The maximum absolute atomic E-state index is 12.5. The Bertz CT molecular complexity index is 604. The Hall–Kier alpha value is -0.370. The lowest BCUT2D eigenvalue weighted by molar-refractivity contribution is 0.399. The van der Waals surface area contributed by atoms with E-state index in [9.17, 15) is 8.42 Å². The molecule has 1 aliphatic rings. The molecule has 7 heteroatoms. The Morgan fingerprint density at radius 1 is 1.43 bits per heavy atom. The molecule has 1 heterocycles. The molecular formula is C14H23BrN2O3S. The van der Waals surface area contributed by atoms with Gasteiger partial charge in [-0.1, -0.05) is 13.8 Å². The Morgan fingerprint density at radius 3 is 2.57 bits per heavy atom. The first kappa shape index (κ1) is 17.0. The zero-order valence-corrected chi connectivity index (χ0v) is 15.3. The molecule has 21 heavy (non-hydrogen) atoms. The summed E-state index contributed by atoms with van der Waals surface area (Å²) < 4.78 is 33.6. The van der Waals surface area contributed by atoms with E-state index in [1.165, 1.54) is 0 Å². The van der Waals surface area contributed by atoms with Gasteiger partial charge in [0.15, 0.2) is 4.67 Å². The summed E-state index contributed by atoms with van der Waals surface area (Å²) in [4.78, 5) is 0.164. The molecule has 0 aromatic carbocycles. The van der Waals surface area contributed by atoms with Crippen molar-refractivity contribution >= 4 is 26.0 Å². The van der Waals surface area contributed by atoms with E-state index >= 15 is 0 Å². The monoisotopic (exact) mass is 378 g/mol. The second kappa shape index (κ2) is 6.02. The molecule has 0 radical (unpaired) electrons. The molecule has 0 atom stereocenters. The summed E-state index contributed by atoms with van der Waals surface area (Å²) in [5.74, 6) is 1.01. The molecule has 120 valence electrons. The van der Waals surface area contributed by atoms with Gasteiger partial charge < -0.3 is 9.73 Å². The van der Waals surface area contributed by atoms with E-state index < -0.39 is 15.6 Å². The molecule has 1 aromatic rings. The average molecular weight is 379 g/mol. The van der Waals surface area contributed by atoms with Crippen molar-refractivity contribution in [1.29, 1.82) is 0 Å². The largest absolute Gasteiger partial charge is 0.452 e. The van der Waals surface area contributed by atoms with E-state index in [2.05, 4.69) is 26.0 Å². The third kappa shape index (κ3) is 4.31. The number of hydrogen-bond donors (Lipinski definition) is 2. The van der Waals surface area contributed by atoms with E-state index in [1.54, 1.807) is 6.07 Å². The first-order valence-corrected chi connectivity index (χ1v) is 9.45. The summed E-state index contributed by atoms with van der Waals surface area (Å²) in [6, 6.07) is 1.88. The molecule has 0 unspecified atom stereocenters. The van der Waals surface area contributed by atoms with Crippen LogP contribution in [0.2, 0.25) is 0 Å². The highest BCUT2D eigenvalue weighted by Gasteiger charge is 2.41. The average Bonchev–Trinajstić information content (AvgIpc) is 3.10. The zero-order chi connectivity index (χ0) is 15.8. The Balaban J connectivity index is 2.16. The zero-order valence-electron chi connectivity index (χ0n) is 12.9. The quantitative estimate of drug-likeness (QED) is 0.764. The molecule has 0 aliphatic heterocycles. The number of sulfonamides is 1. The van der Waals surface area contributed by atoms with Crippen LogP contribution < -0.4 is 10.0 Å². The summed E-state index contributed by atoms with van der Waals surface area (Å²) in [7, 11) is -3.59. The fourth-order valence-corrected chi connectivity index (χ4v) is 4.73. The second-order valence-corrected chi connectivity index (χ2v) is 8.86. The van der Waals surface area contributed by atoms with Crippen LogP contribution in [0.15, 0.2) is 20.0 Å². The Kier molecular flexibility index (Phi) is 4.87. The van der Waals surface area contributed by atoms with Gasteiger partial charge in [-0.3, -0.25) is 0 Å². The maximum atomic E-state index is 12.5. The lowest BCUT2D eigenvalue weighted by atomic mass is 10.0. The van der Waals surface area contributed by atoms with Gasteiger partial charge in [-0.25, -0.2) is 13.1 Å². The van der Waals surface area contributed by atoms with Crippen molar-refractivity contribution in [3.63, 3.8) is 0 Å². The van der Waals surface area contributed by atoms with Crippen LogP contribution in [0.25, 0.3) is 0 Å². The molecule has 0 amide bonds. The van der Waals surface area contributed by atoms with Gasteiger partial charge >= 0.3 is 0 Å². The minimum Gasteiger partial charge on any atom is -0.452 e. The minimum atomic E-state index is -3.59. The highest BCUT2D eigenvalue weighted by atomic mass is 79.9. The van der Waals surface area contributed by atoms with Crippen molar-refractivity contribution in [2.24, 2.45) is 5.92 Å². The first-order chi connectivity index (χ1) is 9.62. The molecule has 1 aliphatic carbocycles. The van der Waals surface area contributed by atoms with Crippen LogP contribution in [-0.4, -0.2) is 20.0 Å². The maximum Gasteiger partial charge on any atom is 0.245 e. The highest BCUT2D eigenvalue weighted by Crippen LogP contribution is 2.40. The second-order valence-electron chi connectivity index (χ2n) is 6.49. The van der Waals surface area contributed by atoms with Crippen LogP contribution >= 0.6 is 15.9 Å². The molecule has 1 saturated carbocycles. The van der Waals surface area contributed by atoms with Crippen molar-refractivity contribution in [1.82, 2.24) is 10.0 Å². The van der Waals surface area contributed by atoms with Gasteiger partial charge in [-0.05, 0) is 48.5 Å². The van der Waals surface area contributed by atoms with Gasteiger partial charge in [0.25, 0.3) is 0 Å². The molecule has 1 aromatic heterocycles. The molecule has 0 spiro atoms. The summed E-state index contributed by atoms with van der Waals surface area (Å²) >= 11 is 3.21. The predicted octanol–water partition coefficient (Wildman–Crippen LogP) is 3.01. The van der Waals surface area contributed by atoms with Crippen LogP contribution in [0.5, 0.6) is 0 Å². The predicted molar refractivity (Wildman–Crippen MR) is 85.5 cm³/mol. The Labute approximate surface area is 135 Å². The SMILES string of the molecule is CC(C)NCc1cc(S(=O)(=O)NC(C)(C)C2CC2)c(Br)o1. The summed E-state index contributed by atoms with van der Waals surface area (Å²) in [6.07, 6.45) is 2.15. The van der Waals surface area contributed by atoms with E-state index in [0.29, 0.717) is 24.3 Å².